The Bertz CT molecular complexity index is 1270. The molecular weight excluding hydrogens is 592 g/mol. The van der Waals surface area contributed by atoms with Crippen molar-refractivity contribution in [2.45, 2.75) is 32.3 Å². The van der Waals surface area contributed by atoms with Gasteiger partial charge in [0.05, 0.1) is 58.1 Å². The molecule has 0 radical (unpaired) electrons. The van der Waals surface area contributed by atoms with Crippen LogP contribution < -0.4 is 18.9 Å². The first-order chi connectivity index (χ1) is 22.6. The molecule has 0 aromatic heterocycles. The molecule has 0 bridgehead atoms. The van der Waals surface area contributed by atoms with E-state index in [4.69, 9.17) is 37.9 Å². The van der Waals surface area contributed by atoms with Gasteiger partial charge >= 0.3 is 11.9 Å². The molecule has 1 aliphatic carbocycles. The molecule has 4 rings (SSSR count). The first-order valence-corrected chi connectivity index (χ1v) is 15.8. The van der Waals surface area contributed by atoms with Crippen molar-refractivity contribution < 1.29 is 47.5 Å². The number of hydrogen-bond acceptors (Lipinski definition) is 10. The molecule has 1 fully saturated rings. The lowest BCUT2D eigenvalue weighted by Crippen LogP contribution is -2.30. The van der Waals surface area contributed by atoms with Crippen LogP contribution in [0.5, 0.6) is 23.0 Å². The summed E-state index contributed by atoms with van der Waals surface area (Å²) in [5, 5.41) is 0. The summed E-state index contributed by atoms with van der Waals surface area (Å²) in [6.45, 7) is 4.36. The maximum Gasteiger partial charge on any atom is 0.314 e. The molecule has 0 aliphatic heterocycles. The van der Waals surface area contributed by atoms with E-state index < -0.39 is 0 Å². The van der Waals surface area contributed by atoms with E-state index in [1.165, 1.54) is 0 Å². The third-order valence-corrected chi connectivity index (χ3v) is 7.39. The summed E-state index contributed by atoms with van der Waals surface area (Å²) in [7, 11) is 1.63. The van der Waals surface area contributed by atoms with Gasteiger partial charge in [-0.15, -0.1) is 0 Å². The minimum Gasteiger partial charge on any atom is -0.491 e. The summed E-state index contributed by atoms with van der Waals surface area (Å²) in [6.07, 6.45) is 2.26. The van der Waals surface area contributed by atoms with Gasteiger partial charge < -0.3 is 37.9 Å². The van der Waals surface area contributed by atoms with Gasteiger partial charge in [0.15, 0.2) is 0 Å². The smallest absolute Gasteiger partial charge is 0.314 e. The second kappa shape index (κ2) is 20.2. The van der Waals surface area contributed by atoms with Crippen LogP contribution in [0, 0.1) is 11.8 Å². The molecule has 3 aromatic carbocycles. The van der Waals surface area contributed by atoms with E-state index in [0.717, 1.165) is 5.56 Å². The Labute approximate surface area is 270 Å². The van der Waals surface area contributed by atoms with Crippen molar-refractivity contribution in [3.05, 3.63) is 84.4 Å². The van der Waals surface area contributed by atoms with Crippen LogP contribution in [0.2, 0.25) is 0 Å². The van der Waals surface area contributed by atoms with E-state index in [9.17, 15) is 9.59 Å². The van der Waals surface area contributed by atoms with Gasteiger partial charge in [0.25, 0.3) is 0 Å². The van der Waals surface area contributed by atoms with Gasteiger partial charge in [0.1, 0.15) is 36.2 Å². The fourth-order valence-electron chi connectivity index (χ4n) is 4.84. The van der Waals surface area contributed by atoms with Gasteiger partial charge in [-0.25, -0.2) is 0 Å². The zero-order chi connectivity index (χ0) is 32.2. The number of esters is 2. The van der Waals surface area contributed by atoms with Gasteiger partial charge in [-0.1, -0.05) is 30.3 Å². The van der Waals surface area contributed by atoms with Crippen molar-refractivity contribution in [2.75, 3.05) is 60.0 Å². The predicted octanol–water partition coefficient (Wildman–Crippen LogP) is 5.66. The molecule has 46 heavy (non-hydrogen) atoms. The van der Waals surface area contributed by atoms with Crippen molar-refractivity contribution >= 4 is 11.9 Å². The Kier molecular flexibility index (Phi) is 15.3. The molecule has 0 heterocycles. The number of carbonyl (C=O) groups excluding carboxylic acids is 2. The molecule has 10 nitrogen and oxygen atoms in total. The molecule has 3 aromatic rings. The summed E-state index contributed by atoms with van der Waals surface area (Å²) in [4.78, 5) is 25.5. The zero-order valence-corrected chi connectivity index (χ0v) is 26.4. The number of ether oxygens (including phenoxy) is 8. The Hall–Kier alpha value is -3.96. The Morgan fingerprint density at radius 3 is 1.41 bits per heavy atom. The first-order valence-electron chi connectivity index (χ1n) is 15.8. The average Bonchev–Trinajstić information content (AvgIpc) is 3.09. The molecule has 10 heteroatoms. The minimum atomic E-state index is -0.289. The van der Waals surface area contributed by atoms with Crippen molar-refractivity contribution in [1.29, 1.82) is 0 Å². The standard InChI is InChI=1S/C36H44O10/c1-39-19-20-40-21-22-41-23-25-43-31-11-15-33(16-12-31)45-35(37)29-7-9-30(10-8-29)36(38)46-34-17-13-32(14-18-34)44-26-24-42-27-28-5-3-2-4-6-28/h2-6,11-18,29-30H,7-10,19-27H2,1H3/t29-,30-. The van der Waals surface area contributed by atoms with Gasteiger partial charge in [-0.3, -0.25) is 9.59 Å². The molecule has 0 spiro atoms. The van der Waals surface area contributed by atoms with Gasteiger partial charge in [0, 0.05) is 7.11 Å². The zero-order valence-electron chi connectivity index (χ0n) is 26.4. The molecule has 248 valence electrons. The van der Waals surface area contributed by atoms with E-state index >= 15 is 0 Å². The monoisotopic (exact) mass is 636 g/mol. The molecule has 0 amide bonds. The van der Waals surface area contributed by atoms with Gasteiger partial charge in [-0.2, -0.15) is 0 Å². The van der Waals surface area contributed by atoms with Crippen LogP contribution in [0.3, 0.4) is 0 Å². The van der Waals surface area contributed by atoms with Crippen molar-refractivity contribution in [3.8, 4) is 23.0 Å². The highest BCUT2D eigenvalue weighted by atomic mass is 16.6. The number of carbonyl (C=O) groups is 2. The highest BCUT2D eigenvalue weighted by Crippen LogP contribution is 2.32. The SMILES string of the molecule is COCCOCCOCCOc1ccc(OC(=O)[C@H]2CC[C@H](C(=O)Oc3ccc(OCCOCc4ccccc4)cc3)CC2)cc1. The highest BCUT2D eigenvalue weighted by Gasteiger charge is 2.32. The molecule has 0 atom stereocenters. The van der Waals surface area contributed by atoms with E-state index in [1.807, 2.05) is 30.3 Å². The van der Waals surface area contributed by atoms with Crippen molar-refractivity contribution in [2.24, 2.45) is 11.8 Å². The Balaban J connectivity index is 1.06. The third kappa shape index (κ3) is 12.8. The van der Waals surface area contributed by atoms with E-state index in [1.54, 1.807) is 55.6 Å². The van der Waals surface area contributed by atoms with Crippen LogP contribution in [0.15, 0.2) is 78.9 Å². The second-order valence-corrected chi connectivity index (χ2v) is 10.8. The van der Waals surface area contributed by atoms with Crippen LogP contribution in [-0.4, -0.2) is 71.9 Å². The highest BCUT2D eigenvalue weighted by molar-refractivity contribution is 5.77. The summed E-state index contributed by atoms with van der Waals surface area (Å²) in [5.74, 6) is 1.15. The summed E-state index contributed by atoms with van der Waals surface area (Å²) in [5.41, 5.74) is 1.12. The molecule has 1 aliphatic rings. The van der Waals surface area contributed by atoms with Crippen LogP contribution >= 0.6 is 0 Å². The largest absolute Gasteiger partial charge is 0.491 e. The van der Waals surface area contributed by atoms with Crippen LogP contribution in [0.25, 0.3) is 0 Å². The fraction of sp³-hybridized carbons (Fsp3) is 0.444. The maximum absolute atomic E-state index is 12.8. The number of benzene rings is 3. The normalized spacial score (nSPS) is 16.0. The Morgan fingerprint density at radius 1 is 0.522 bits per heavy atom. The predicted molar refractivity (Wildman–Crippen MR) is 170 cm³/mol. The number of methoxy groups -OCH3 is 1. The summed E-state index contributed by atoms with van der Waals surface area (Å²) >= 11 is 0. The third-order valence-electron chi connectivity index (χ3n) is 7.39. The number of rotatable bonds is 20. The van der Waals surface area contributed by atoms with Gasteiger partial charge in [-0.05, 0) is 79.8 Å². The second-order valence-electron chi connectivity index (χ2n) is 10.8. The van der Waals surface area contributed by atoms with E-state index in [0.29, 0.717) is 108 Å². The van der Waals surface area contributed by atoms with Crippen LogP contribution in [-0.2, 0) is 35.1 Å². The summed E-state index contributed by atoms with van der Waals surface area (Å²) in [6, 6.07) is 23.9. The molecular formula is C36H44O10. The van der Waals surface area contributed by atoms with Crippen molar-refractivity contribution in [3.63, 3.8) is 0 Å². The van der Waals surface area contributed by atoms with Gasteiger partial charge in [0.2, 0.25) is 0 Å². The first kappa shape index (κ1) is 34.9. The lowest BCUT2D eigenvalue weighted by molar-refractivity contribution is -0.145. The van der Waals surface area contributed by atoms with Crippen molar-refractivity contribution in [1.82, 2.24) is 0 Å². The van der Waals surface area contributed by atoms with Crippen LogP contribution in [0.4, 0.5) is 0 Å². The Morgan fingerprint density at radius 2 is 0.935 bits per heavy atom. The quantitative estimate of drug-likeness (QED) is 0.0876. The maximum atomic E-state index is 12.8. The van der Waals surface area contributed by atoms with Crippen LogP contribution in [0.1, 0.15) is 31.2 Å². The fourth-order valence-corrected chi connectivity index (χ4v) is 4.84. The lowest BCUT2D eigenvalue weighted by Gasteiger charge is -2.25. The van der Waals surface area contributed by atoms with E-state index in [-0.39, 0.29) is 23.8 Å². The van der Waals surface area contributed by atoms with E-state index in [2.05, 4.69) is 0 Å². The minimum absolute atomic E-state index is 0.259. The molecule has 0 N–H and O–H groups in total. The topological polar surface area (TPSA) is 108 Å². The summed E-state index contributed by atoms with van der Waals surface area (Å²) < 4.78 is 43.9. The number of hydrogen-bond donors (Lipinski definition) is 0. The average molecular weight is 637 g/mol. The molecule has 0 saturated heterocycles. The molecule has 1 saturated carbocycles. The lowest BCUT2D eigenvalue weighted by atomic mass is 9.82. The molecule has 0 unspecified atom stereocenters.